The largest absolute Gasteiger partial charge is 0.460 e. The number of carbonyl (C=O) groups is 3. The standard InChI is InChI=1S/C30H46N4O5/c1-8-9-12-20(17-25(35)38-29(2,3)4)13-10-11-16-32-27(36)24-19-22-18-21(14-15-23(22)33-24)26(31)34-28(37)39-30(5,6)7/h14-15,18-20,33H,8-13,16-17H2,1-7H3,(H,32,36)(H2,31,34,37). The van der Waals surface area contributed by atoms with E-state index >= 15 is 0 Å². The fraction of sp³-hybridized carbons (Fsp3) is 0.600. The number of hydrogen-bond acceptors (Lipinski definition) is 5. The number of esters is 1. The smallest absolute Gasteiger partial charge is 0.436 e. The van der Waals surface area contributed by atoms with Gasteiger partial charge in [-0.25, -0.2) is 4.79 Å². The van der Waals surface area contributed by atoms with Crippen LogP contribution in [0.25, 0.3) is 10.9 Å². The summed E-state index contributed by atoms with van der Waals surface area (Å²) in [7, 11) is 0. The first kappa shape index (κ1) is 31.9. The van der Waals surface area contributed by atoms with Crippen LogP contribution in [0.2, 0.25) is 0 Å². The zero-order valence-corrected chi connectivity index (χ0v) is 24.6. The summed E-state index contributed by atoms with van der Waals surface area (Å²) < 4.78 is 10.7. The van der Waals surface area contributed by atoms with Gasteiger partial charge in [0.25, 0.3) is 5.91 Å². The van der Waals surface area contributed by atoms with Crippen molar-refractivity contribution < 1.29 is 23.9 Å². The van der Waals surface area contributed by atoms with Crippen LogP contribution in [0, 0.1) is 5.92 Å². The predicted molar refractivity (Wildman–Crippen MR) is 155 cm³/mol. The van der Waals surface area contributed by atoms with Crippen molar-refractivity contribution in [2.75, 3.05) is 6.54 Å². The number of nitrogens with one attached hydrogen (secondary N) is 2. The number of amides is 2. The van der Waals surface area contributed by atoms with Gasteiger partial charge in [0.1, 0.15) is 22.7 Å². The molecule has 0 spiro atoms. The molecule has 0 radical (unpaired) electrons. The van der Waals surface area contributed by atoms with Crippen LogP contribution < -0.4 is 11.1 Å². The van der Waals surface area contributed by atoms with E-state index in [4.69, 9.17) is 15.2 Å². The molecule has 0 aliphatic rings. The van der Waals surface area contributed by atoms with E-state index in [-0.39, 0.29) is 17.7 Å². The lowest BCUT2D eigenvalue weighted by Gasteiger charge is -2.22. The summed E-state index contributed by atoms with van der Waals surface area (Å²) in [6, 6.07) is 7.04. The van der Waals surface area contributed by atoms with Gasteiger partial charge < -0.3 is 25.5 Å². The van der Waals surface area contributed by atoms with E-state index in [2.05, 4.69) is 22.2 Å². The van der Waals surface area contributed by atoms with E-state index in [1.54, 1.807) is 45.0 Å². The minimum absolute atomic E-state index is 0.0438. The van der Waals surface area contributed by atoms with Gasteiger partial charge in [-0.2, -0.15) is 4.99 Å². The first-order chi connectivity index (χ1) is 18.2. The summed E-state index contributed by atoms with van der Waals surface area (Å²) in [6.07, 6.45) is 5.54. The molecular weight excluding hydrogens is 496 g/mol. The van der Waals surface area contributed by atoms with Gasteiger partial charge in [-0.15, -0.1) is 0 Å². The van der Waals surface area contributed by atoms with Gasteiger partial charge in [0.2, 0.25) is 0 Å². The van der Waals surface area contributed by atoms with E-state index in [0.717, 1.165) is 49.4 Å². The summed E-state index contributed by atoms with van der Waals surface area (Å²) in [4.78, 5) is 43.9. The van der Waals surface area contributed by atoms with E-state index in [1.165, 1.54) is 0 Å². The molecule has 1 atom stereocenters. The van der Waals surface area contributed by atoms with Crippen LogP contribution in [0.1, 0.15) is 109 Å². The zero-order chi connectivity index (χ0) is 29.2. The van der Waals surface area contributed by atoms with Crippen LogP contribution in [0.4, 0.5) is 4.79 Å². The van der Waals surface area contributed by atoms with Gasteiger partial charge in [0.05, 0.1) is 0 Å². The molecule has 9 nitrogen and oxygen atoms in total. The number of ether oxygens (including phenoxy) is 2. The Labute approximate surface area is 232 Å². The minimum atomic E-state index is -0.754. The third-order valence-electron chi connectivity index (χ3n) is 5.93. The second kappa shape index (κ2) is 14.1. The molecule has 1 aromatic heterocycles. The molecule has 2 amide bonds. The number of fused-ring (bicyclic) bond motifs is 1. The molecule has 0 aliphatic carbocycles. The molecule has 216 valence electrons. The molecule has 0 aliphatic heterocycles. The molecule has 1 unspecified atom stereocenters. The van der Waals surface area contributed by atoms with E-state index in [1.807, 2.05) is 20.8 Å². The second-order valence-corrected chi connectivity index (χ2v) is 12.0. The van der Waals surface area contributed by atoms with Crippen LogP contribution in [-0.4, -0.2) is 46.5 Å². The van der Waals surface area contributed by atoms with Crippen LogP contribution in [0.15, 0.2) is 29.3 Å². The number of benzene rings is 1. The number of H-pyrrole nitrogens is 1. The number of hydrogen-bond donors (Lipinski definition) is 3. The first-order valence-electron chi connectivity index (χ1n) is 13.9. The van der Waals surface area contributed by atoms with Crippen molar-refractivity contribution in [1.82, 2.24) is 10.3 Å². The van der Waals surface area contributed by atoms with Crippen molar-refractivity contribution in [3.63, 3.8) is 0 Å². The number of aliphatic imine (C=N–C) groups is 1. The average Bonchev–Trinajstić information content (AvgIpc) is 3.23. The third kappa shape index (κ3) is 11.9. The molecular formula is C30H46N4O5. The Morgan fingerprint density at radius 2 is 1.64 bits per heavy atom. The number of aromatic amines is 1. The highest BCUT2D eigenvalue weighted by atomic mass is 16.6. The Bertz CT molecular complexity index is 1150. The number of nitrogens with zero attached hydrogens (tertiary/aromatic N) is 1. The number of nitrogens with two attached hydrogens (primary N) is 1. The van der Waals surface area contributed by atoms with Gasteiger partial charge in [0, 0.05) is 29.4 Å². The minimum Gasteiger partial charge on any atom is -0.460 e. The molecule has 0 fully saturated rings. The lowest BCUT2D eigenvalue weighted by Crippen LogP contribution is -2.26. The zero-order valence-electron chi connectivity index (χ0n) is 24.6. The van der Waals surface area contributed by atoms with Crippen LogP contribution >= 0.6 is 0 Å². The molecule has 2 rings (SSSR count). The number of aromatic nitrogens is 1. The second-order valence-electron chi connectivity index (χ2n) is 12.0. The first-order valence-corrected chi connectivity index (χ1v) is 13.9. The number of unbranched alkanes of at least 4 members (excludes halogenated alkanes) is 2. The molecule has 0 bridgehead atoms. The summed E-state index contributed by atoms with van der Waals surface area (Å²) in [5.74, 6) is 0.00290. The van der Waals surface area contributed by atoms with Crippen molar-refractivity contribution >= 4 is 34.7 Å². The fourth-order valence-corrected chi connectivity index (χ4v) is 4.18. The summed E-state index contributed by atoms with van der Waals surface area (Å²) in [5, 5.41) is 3.74. The SMILES string of the molecule is CCCCC(CCCCNC(=O)c1cc2cc(/C(N)=N\C(=O)OC(C)(C)C)ccc2[nH]1)CC(=O)OC(C)(C)C. The molecule has 9 heteroatoms. The van der Waals surface area contributed by atoms with E-state index in [0.29, 0.717) is 30.1 Å². The third-order valence-corrected chi connectivity index (χ3v) is 5.93. The van der Waals surface area contributed by atoms with Gasteiger partial charge in [-0.1, -0.05) is 26.2 Å². The molecule has 2 aromatic rings. The van der Waals surface area contributed by atoms with Gasteiger partial charge >= 0.3 is 12.1 Å². The highest BCUT2D eigenvalue weighted by Gasteiger charge is 2.20. The molecule has 1 aromatic carbocycles. The quantitative estimate of drug-likeness (QED) is 0.126. The fourth-order valence-electron chi connectivity index (χ4n) is 4.18. The van der Waals surface area contributed by atoms with E-state index in [9.17, 15) is 14.4 Å². The number of amidine groups is 1. The topological polar surface area (TPSA) is 136 Å². The van der Waals surface area contributed by atoms with Crippen molar-refractivity contribution in [3.05, 3.63) is 35.5 Å². The van der Waals surface area contributed by atoms with Gasteiger partial charge in [-0.05, 0) is 91.0 Å². The summed E-state index contributed by atoms with van der Waals surface area (Å²) in [6.45, 7) is 13.6. The van der Waals surface area contributed by atoms with Crippen LogP contribution in [0.3, 0.4) is 0 Å². The van der Waals surface area contributed by atoms with Crippen molar-refractivity contribution in [2.24, 2.45) is 16.6 Å². The molecule has 39 heavy (non-hydrogen) atoms. The maximum Gasteiger partial charge on any atom is 0.436 e. The maximum absolute atomic E-state index is 12.7. The van der Waals surface area contributed by atoms with Crippen molar-refractivity contribution in [3.8, 4) is 0 Å². The van der Waals surface area contributed by atoms with Crippen molar-refractivity contribution in [2.45, 2.75) is 105 Å². The average molecular weight is 543 g/mol. The highest BCUT2D eigenvalue weighted by Crippen LogP contribution is 2.22. The Morgan fingerprint density at radius 3 is 2.28 bits per heavy atom. The Balaban J connectivity index is 1.88. The summed E-state index contributed by atoms with van der Waals surface area (Å²) in [5.41, 5.74) is 6.64. The van der Waals surface area contributed by atoms with Crippen molar-refractivity contribution in [1.29, 1.82) is 0 Å². The molecule has 1 heterocycles. The van der Waals surface area contributed by atoms with E-state index < -0.39 is 17.3 Å². The van der Waals surface area contributed by atoms with Crippen LogP contribution in [0.5, 0.6) is 0 Å². The Hall–Kier alpha value is -3.36. The number of carbonyl (C=O) groups excluding carboxylic acids is 3. The lowest BCUT2D eigenvalue weighted by atomic mass is 9.93. The number of rotatable bonds is 12. The lowest BCUT2D eigenvalue weighted by molar-refractivity contribution is -0.156. The Morgan fingerprint density at radius 1 is 0.974 bits per heavy atom. The van der Waals surface area contributed by atoms with Gasteiger partial charge in [-0.3, -0.25) is 9.59 Å². The van der Waals surface area contributed by atoms with Crippen LogP contribution in [-0.2, 0) is 14.3 Å². The monoisotopic (exact) mass is 542 g/mol. The van der Waals surface area contributed by atoms with Gasteiger partial charge in [0.15, 0.2) is 0 Å². The normalized spacial score (nSPS) is 13.3. The Kier molecular flexibility index (Phi) is 11.6. The molecule has 0 saturated carbocycles. The summed E-state index contributed by atoms with van der Waals surface area (Å²) >= 11 is 0. The molecule has 4 N–H and O–H groups in total. The molecule has 0 saturated heterocycles. The predicted octanol–water partition coefficient (Wildman–Crippen LogP) is 6.25. The maximum atomic E-state index is 12.7. The highest BCUT2D eigenvalue weighted by molar-refractivity contribution is 6.06.